The van der Waals surface area contributed by atoms with E-state index in [1.807, 2.05) is 54.6 Å². The number of hydrogen-bond donors (Lipinski definition) is 0. The SMILES string of the molecule is O=C(c1ccc2ccccc2c1)N(/N=C/c1ccc(F)cc1)c1nc2ccc(Br)cc2s1. The van der Waals surface area contributed by atoms with Crippen molar-refractivity contribution < 1.29 is 9.18 Å². The number of carbonyl (C=O) groups excluding carboxylic acids is 1. The fraction of sp³-hybridized carbons (Fsp3) is 0. The van der Waals surface area contributed by atoms with Crippen LogP contribution in [-0.2, 0) is 0 Å². The molecule has 0 radical (unpaired) electrons. The van der Waals surface area contributed by atoms with Crippen molar-refractivity contribution in [1.82, 2.24) is 4.98 Å². The number of fused-ring (bicyclic) bond motifs is 2. The summed E-state index contributed by atoms with van der Waals surface area (Å²) in [5.74, 6) is -0.629. The Hall–Kier alpha value is -3.42. The molecule has 0 N–H and O–H groups in total. The molecule has 1 aromatic heterocycles. The molecule has 1 heterocycles. The average Bonchev–Trinajstić information content (AvgIpc) is 3.22. The number of thiazole rings is 1. The van der Waals surface area contributed by atoms with Gasteiger partial charge in [-0.2, -0.15) is 10.1 Å². The Balaban J connectivity index is 1.58. The van der Waals surface area contributed by atoms with Crippen molar-refractivity contribution >= 4 is 65.5 Å². The molecule has 4 aromatic carbocycles. The van der Waals surface area contributed by atoms with E-state index < -0.39 is 0 Å². The number of rotatable bonds is 4. The molecule has 0 aliphatic carbocycles. The van der Waals surface area contributed by atoms with Gasteiger partial charge in [0.05, 0.1) is 16.4 Å². The van der Waals surface area contributed by atoms with Crippen LogP contribution in [0.2, 0.25) is 0 Å². The van der Waals surface area contributed by atoms with E-state index >= 15 is 0 Å². The third-order valence-corrected chi connectivity index (χ3v) is 6.39. The predicted molar refractivity (Wildman–Crippen MR) is 132 cm³/mol. The van der Waals surface area contributed by atoms with Crippen LogP contribution in [0.5, 0.6) is 0 Å². The van der Waals surface area contributed by atoms with Crippen molar-refractivity contribution in [2.24, 2.45) is 5.10 Å². The lowest BCUT2D eigenvalue weighted by atomic mass is 10.1. The fourth-order valence-corrected chi connectivity index (χ4v) is 4.76. The van der Waals surface area contributed by atoms with Crippen LogP contribution in [0, 0.1) is 5.82 Å². The van der Waals surface area contributed by atoms with E-state index in [0.29, 0.717) is 16.3 Å². The van der Waals surface area contributed by atoms with Gasteiger partial charge in [-0.15, -0.1) is 0 Å². The summed E-state index contributed by atoms with van der Waals surface area (Å²) in [4.78, 5) is 18.1. The first-order valence-corrected chi connectivity index (χ1v) is 11.4. The largest absolute Gasteiger partial charge is 0.280 e. The van der Waals surface area contributed by atoms with Gasteiger partial charge in [0.25, 0.3) is 5.91 Å². The van der Waals surface area contributed by atoms with Crippen LogP contribution in [0.25, 0.3) is 21.0 Å². The minimum atomic E-state index is -0.331. The van der Waals surface area contributed by atoms with Crippen LogP contribution in [0.15, 0.2) is 94.5 Å². The van der Waals surface area contributed by atoms with Gasteiger partial charge in [-0.05, 0) is 58.8 Å². The molecule has 0 spiro atoms. The van der Waals surface area contributed by atoms with E-state index in [9.17, 15) is 9.18 Å². The number of aromatic nitrogens is 1. The van der Waals surface area contributed by atoms with Crippen molar-refractivity contribution in [2.45, 2.75) is 0 Å². The molecule has 0 aliphatic rings. The van der Waals surface area contributed by atoms with Gasteiger partial charge >= 0.3 is 0 Å². The van der Waals surface area contributed by atoms with Gasteiger partial charge in [-0.25, -0.2) is 9.37 Å². The molecule has 32 heavy (non-hydrogen) atoms. The second kappa shape index (κ2) is 8.61. The molecule has 7 heteroatoms. The molecule has 5 aromatic rings. The zero-order valence-electron chi connectivity index (χ0n) is 16.6. The quantitative estimate of drug-likeness (QED) is 0.195. The van der Waals surface area contributed by atoms with E-state index in [0.717, 1.165) is 25.5 Å². The highest BCUT2D eigenvalue weighted by Crippen LogP contribution is 2.32. The van der Waals surface area contributed by atoms with Gasteiger partial charge in [-0.3, -0.25) is 4.79 Å². The second-order valence-corrected chi connectivity index (χ2v) is 9.01. The third-order valence-electron chi connectivity index (χ3n) is 4.90. The zero-order chi connectivity index (χ0) is 22.1. The Morgan fingerprint density at radius 3 is 2.56 bits per heavy atom. The van der Waals surface area contributed by atoms with Crippen molar-refractivity contribution in [3.8, 4) is 0 Å². The van der Waals surface area contributed by atoms with Crippen molar-refractivity contribution in [3.05, 3.63) is 106 Å². The summed E-state index contributed by atoms with van der Waals surface area (Å²) < 4.78 is 15.1. The standard InChI is InChI=1S/C25H15BrFN3OS/c26-20-9-12-22-23(14-20)32-25(29-22)30(28-15-16-5-10-21(27)11-6-16)24(31)19-8-7-17-3-1-2-4-18(17)13-19/h1-15H/b28-15+. The summed E-state index contributed by atoms with van der Waals surface area (Å²) in [5.41, 5.74) is 1.95. The second-order valence-electron chi connectivity index (χ2n) is 7.08. The maximum Gasteiger partial charge on any atom is 0.280 e. The van der Waals surface area contributed by atoms with Gasteiger partial charge < -0.3 is 0 Å². The van der Waals surface area contributed by atoms with Gasteiger partial charge in [0.1, 0.15) is 5.82 Å². The molecule has 156 valence electrons. The molecule has 0 fully saturated rings. The number of benzene rings is 4. The topological polar surface area (TPSA) is 45.6 Å². The monoisotopic (exact) mass is 503 g/mol. The number of amides is 1. The number of hydrogen-bond acceptors (Lipinski definition) is 4. The van der Waals surface area contributed by atoms with Gasteiger partial charge in [0.15, 0.2) is 0 Å². The molecule has 0 saturated heterocycles. The molecule has 0 aliphatic heterocycles. The number of halogens is 2. The van der Waals surface area contributed by atoms with E-state index in [4.69, 9.17) is 0 Å². The van der Waals surface area contributed by atoms with E-state index in [-0.39, 0.29) is 11.7 Å². The smallest absolute Gasteiger partial charge is 0.267 e. The summed E-state index contributed by atoms with van der Waals surface area (Å²) in [5, 5.41) is 8.21. The Labute approximate surface area is 195 Å². The van der Waals surface area contributed by atoms with Crippen molar-refractivity contribution in [1.29, 1.82) is 0 Å². The molecule has 1 amide bonds. The Morgan fingerprint density at radius 1 is 0.969 bits per heavy atom. The molecule has 5 rings (SSSR count). The Kier molecular flexibility index (Phi) is 5.51. The maximum atomic E-state index is 13.5. The summed E-state index contributed by atoms with van der Waals surface area (Å²) in [6.07, 6.45) is 1.53. The Morgan fingerprint density at radius 2 is 1.75 bits per heavy atom. The molecule has 0 unspecified atom stereocenters. The summed E-state index contributed by atoms with van der Waals surface area (Å²) in [7, 11) is 0. The predicted octanol–water partition coefficient (Wildman–Crippen LogP) is 7.03. The zero-order valence-corrected chi connectivity index (χ0v) is 19.0. The van der Waals surface area contributed by atoms with E-state index in [2.05, 4.69) is 26.0 Å². The molecule has 0 saturated carbocycles. The summed E-state index contributed by atoms with van der Waals surface area (Å²) in [6.45, 7) is 0. The fourth-order valence-electron chi connectivity index (χ4n) is 3.28. The highest BCUT2D eigenvalue weighted by molar-refractivity contribution is 9.10. The lowest BCUT2D eigenvalue weighted by Gasteiger charge is -2.14. The summed E-state index contributed by atoms with van der Waals surface area (Å²) in [6, 6.07) is 25.1. The lowest BCUT2D eigenvalue weighted by Crippen LogP contribution is -2.25. The van der Waals surface area contributed by atoms with E-state index in [1.54, 1.807) is 18.2 Å². The molecular weight excluding hydrogens is 489 g/mol. The number of anilines is 1. The van der Waals surface area contributed by atoms with Crippen LogP contribution in [0.4, 0.5) is 9.52 Å². The minimum absolute atomic E-state index is 0.299. The van der Waals surface area contributed by atoms with Crippen LogP contribution in [0.3, 0.4) is 0 Å². The van der Waals surface area contributed by atoms with Gasteiger partial charge in [-0.1, -0.05) is 69.7 Å². The van der Waals surface area contributed by atoms with Crippen molar-refractivity contribution in [3.63, 3.8) is 0 Å². The molecule has 0 atom stereocenters. The average molecular weight is 504 g/mol. The molecule has 0 bridgehead atoms. The van der Waals surface area contributed by atoms with Gasteiger partial charge in [0, 0.05) is 10.0 Å². The van der Waals surface area contributed by atoms with Crippen LogP contribution in [0.1, 0.15) is 15.9 Å². The number of nitrogens with zero attached hydrogens (tertiary/aromatic N) is 3. The van der Waals surface area contributed by atoms with Crippen LogP contribution >= 0.6 is 27.3 Å². The summed E-state index contributed by atoms with van der Waals surface area (Å²) >= 11 is 4.85. The minimum Gasteiger partial charge on any atom is -0.267 e. The molecule has 4 nitrogen and oxygen atoms in total. The number of hydrazone groups is 1. The first-order chi connectivity index (χ1) is 15.6. The number of carbonyl (C=O) groups is 1. The highest BCUT2D eigenvalue weighted by Gasteiger charge is 2.21. The van der Waals surface area contributed by atoms with Crippen molar-refractivity contribution in [2.75, 3.05) is 5.01 Å². The third kappa shape index (κ3) is 4.17. The Bertz CT molecular complexity index is 1480. The maximum absolute atomic E-state index is 13.5. The normalized spacial score (nSPS) is 11.4. The highest BCUT2D eigenvalue weighted by atomic mass is 79.9. The first kappa shape index (κ1) is 20.5. The van der Waals surface area contributed by atoms with Crippen LogP contribution < -0.4 is 5.01 Å². The van der Waals surface area contributed by atoms with Crippen LogP contribution in [-0.4, -0.2) is 17.1 Å². The van der Waals surface area contributed by atoms with Gasteiger partial charge in [0.2, 0.25) is 5.13 Å². The first-order valence-electron chi connectivity index (χ1n) is 9.76. The lowest BCUT2D eigenvalue weighted by molar-refractivity contribution is 0.0988. The molecular formula is C25H15BrFN3OS. The van der Waals surface area contributed by atoms with E-state index in [1.165, 1.54) is 34.7 Å².